The molecule has 0 saturated heterocycles. The number of hydrogen-bond donors (Lipinski definition) is 1. The van der Waals surface area contributed by atoms with E-state index in [4.69, 9.17) is 4.74 Å². The van der Waals surface area contributed by atoms with Gasteiger partial charge in [0.25, 0.3) is 0 Å². The van der Waals surface area contributed by atoms with Crippen LogP contribution in [0.4, 0.5) is 5.69 Å². The first-order chi connectivity index (χ1) is 12.7. The van der Waals surface area contributed by atoms with Crippen molar-refractivity contribution in [2.24, 2.45) is 0 Å². The van der Waals surface area contributed by atoms with Gasteiger partial charge in [-0.25, -0.2) is 13.2 Å². The van der Waals surface area contributed by atoms with Crippen LogP contribution in [-0.2, 0) is 27.6 Å². The predicted octanol–water partition coefficient (Wildman–Crippen LogP) is 3.43. The van der Waals surface area contributed by atoms with Gasteiger partial charge in [0.05, 0.1) is 11.8 Å². The summed E-state index contributed by atoms with van der Waals surface area (Å²) >= 11 is 1.58. The molecule has 1 heterocycles. The number of ether oxygens (including phenoxy) is 1. The van der Waals surface area contributed by atoms with Crippen LogP contribution in [0.2, 0.25) is 0 Å². The summed E-state index contributed by atoms with van der Waals surface area (Å²) in [6.07, 6.45) is 4.20. The van der Waals surface area contributed by atoms with Crippen molar-refractivity contribution in [2.45, 2.75) is 38.7 Å². The predicted molar refractivity (Wildman–Crippen MR) is 105 cm³/mol. The number of rotatable bonds is 6. The fourth-order valence-corrected chi connectivity index (χ4v) is 4.77. The van der Waals surface area contributed by atoms with Crippen LogP contribution in [0.15, 0.2) is 29.6 Å². The Morgan fingerprint density at radius 1 is 1.15 bits per heavy atom. The summed E-state index contributed by atoms with van der Waals surface area (Å²) in [7, 11) is -3.38. The van der Waals surface area contributed by atoms with E-state index in [1.165, 1.54) is 29.1 Å². The minimum absolute atomic E-state index is 0.335. The first-order valence-electron chi connectivity index (χ1n) is 8.67. The molecule has 1 aliphatic carbocycles. The van der Waals surface area contributed by atoms with Crippen LogP contribution in [0.25, 0.3) is 0 Å². The normalized spacial score (nSPS) is 14.9. The summed E-state index contributed by atoms with van der Waals surface area (Å²) in [4.78, 5) is 26.2. The molecule has 0 saturated carbocycles. The lowest BCUT2D eigenvalue weighted by Gasteiger charge is -2.15. The van der Waals surface area contributed by atoms with Crippen molar-refractivity contribution in [2.75, 3.05) is 11.0 Å². The minimum Gasteiger partial charge on any atom is -0.451 e. The van der Waals surface area contributed by atoms with E-state index in [0.717, 1.165) is 37.5 Å². The third kappa shape index (κ3) is 4.75. The average Bonchev–Trinajstić information content (AvgIpc) is 3.04. The van der Waals surface area contributed by atoms with E-state index >= 15 is 0 Å². The van der Waals surface area contributed by atoms with Crippen molar-refractivity contribution >= 4 is 38.8 Å². The smallest absolute Gasteiger partial charge is 0.339 e. The fourth-order valence-electron chi connectivity index (χ4n) is 3.09. The maximum absolute atomic E-state index is 12.5. The van der Waals surface area contributed by atoms with Crippen LogP contribution >= 0.6 is 11.3 Å². The number of ketones is 1. The standard InChI is InChI=1S/C19H21NO5S2/c1-12(18(21)13-7-9-14(10-8-13)20-27(2,23)24)25-19(22)16-11-26-17-6-4-3-5-15(16)17/h7-12,20H,3-6H2,1-2H3/t12-/m1/s1. The van der Waals surface area contributed by atoms with Gasteiger partial charge < -0.3 is 4.74 Å². The SMILES string of the molecule is C[C@@H](OC(=O)c1csc2c1CCCC2)C(=O)c1ccc(NS(C)(=O)=O)cc1. The van der Waals surface area contributed by atoms with Gasteiger partial charge in [0.15, 0.2) is 6.10 Å². The number of Topliss-reactive ketones (excluding diaryl/α,β-unsaturated/α-hetero) is 1. The molecule has 0 fully saturated rings. The van der Waals surface area contributed by atoms with E-state index in [-0.39, 0.29) is 5.78 Å². The minimum atomic E-state index is -3.38. The topological polar surface area (TPSA) is 89.5 Å². The number of carbonyl (C=O) groups is 2. The van der Waals surface area contributed by atoms with E-state index in [2.05, 4.69) is 4.72 Å². The molecule has 0 bridgehead atoms. The van der Waals surface area contributed by atoms with E-state index < -0.39 is 22.1 Å². The maximum atomic E-state index is 12.5. The second kappa shape index (κ2) is 7.82. The zero-order valence-electron chi connectivity index (χ0n) is 15.2. The third-order valence-corrected chi connectivity index (χ3v) is 6.10. The molecule has 1 aromatic heterocycles. The van der Waals surface area contributed by atoms with Gasteiger partial charge in [-0.2, -0.15) is 0 Å². The lowest BCUT2D eigenvalue weighted by molar-refractivity contribution is 0.0318. The van der Waals surface area contributed by atoms with Crippen molar-refractivity contribution in [1.29, 1.82) is 0 Å². The molecule has 1 aromatic carbocycles. The van der Waals surface area contributed by atoms with Gasteiger partial charge in [-0.1, -0.05) is 0 Å². The fraction of sp³-hybridized carbons (Fsp3) is 0.368. The van der Waals surface area contributed by atoms with Crippen LogP contribution < -0.4 is 4.72 Å². The molecule has 27 heavy (non-hydrogen) atoms. The van der Waals surface area contributed by atoms with Gasteiger partial charge in [-0.05, 0) is 62.4 Å². The maximum Gasteiger partial charge on any atom is 0.339 e. The Bertz CT molecular complexity index is 960. The Morgan fingerprint density at radius 2 is 1.81 bits per heavy atom. The zero-order chi connectivity index (χ0) is 19.6. The molecule has 1 atom stereocenters. The Kier molecular flexibility index (Phi) is 5.67. The summed E-state index contributed by atoms with van der Waals surface area (Å²) in [6, 6.07) is 6.01. The quantitative estimate of drug-likeness (QED) is 0.585. The molecular weight excluding hydrogens is 386 g/mol. The highest BCUT2D eigenvalue weighted by Gasteiger charge is 2.25. The Morgan fingerprint density at radius 3 is 2.48 bits per heavy atom. The number of anilines is 1. The summed E-state index contributed by atoms with van der Waals surface area (Å²) < 4.78 is 30.2. The molecule has 1 aliphatic rings. The molecule has 0 amide bonds. The van der Waals surface area contributed by atoms with E-state index in [0.29, 0.717) is 16.8 Å². The highest BCUT2D eigenvalue weighted by atomic mass is 32.2. The van der Waals surface area contributed by atoms with Crippen LogP contribution in [0.1, 0.15) is 50.9 Å². The monoisotopic (exact) mass is 407 g/mol. The molecule has 6 nitrogen and oxygen atoms in total. The number of sulfonamides is 1. The number of aryl methyl sites for hydroxylation is 1. The van der Waals surface area contributed by atoms with E-state index in [1.807, 2.05) is 5.38 Å². The molecule has 1 N–H and O–H groups in total. The number of thiophene rings is 1. The number of hydrogen-bond acceptors (Lipinski definition) is 6. The second-order valence-corrected chi connectivity index (χ2v) is 9.33. The molecular formula is C19H21NO5S2. The largest absolute Gasteiger partial charge is 0.451 e. The number of nitrogens with one attached hydrogen (secondary N) is 1. The molecule has 0 spiro atoms. The summed E-state index contributed by atoms with van der Waals surface area (Å²) in [5.41, 5.74) is 2.35. The summed E-state index contributed by atoms with van der Waals surface area (Å²) in [5.74, 6) is -0.802. The van der Waals surface area contributed by atoms with Crippen molar-refractivity contribution < 1.29 is 22.7 Å². The Labute approximate surface area is 162 Å². The summed E-state index contributed by atoms with van der Waals surface area (Å²) in [5, 5.41) is 1.82. The average molecular weight is 408 g/mol. The van der Waals surface area contributed by atoms with E-state index in [1.54, 1.807) is 18.3 Å². The van der Waals surface area contributed by atoms with Gasteiger partial charge in [-0.15, -0.1) is 11.3 Å². The molecule has 0 unspecified atom stereocenters. The first kappa shape index (κ1) is 19.6. The van der Waals surface area contributed by atoms with Gasteiger partial charge in [0, 0.05) is 21.5 Å². The second-order valence-electron chi connectivity index (χ2n) is 6.62. The third-order valence-electron chi connectivity index (χ3n) is 4.41. The molecule has 144 valence electrons. The van der Waals surface area contributed by atoms with E-state index in [9.17, 15) is 18.0 Å². The molecule has 8 heteroatoms. The number of esters is 1. The summed E-state index contributed by atoms with van der Waals surface area (Å²) in [6.45, 7) is 1.54. The molecule has 0 aliphatic heterocycles. The number of benzene rings is 1. The van der Waals surface area contributed by atoms with Gasteiger partial charge in [0.1, 0.15) is 0 Å². The van der Waals surface area contributed by atoms with Gasteiger partial charge in [0.2, 0.25) is 15.8 Å². The van der Waals surface area contributed by atoms with Crippen LogP contribution in [0.5, 0.6) is 0 Å². The highest BCUT2D eigenvalue weighted by molar-refractivity contribution is 7.92. The first-order valence-corrected chi connectivity index (χ1v) is 11.4. The molecule has 2 aromatic rings. The number of fused-ring (bicyclic) bond motifs is 1. The van der Waals surface area contributed by atoms with Crippen LogP contribution in [-0.4, -0.2) is 32.5 Å². The Hall–Kier alpha value is -2.19. The van der Waals surface area contributed by atoms with Crippen LogP contribution in [0, 0.1) is 0 Å². The lowest BCUT2D eigenvalue weighted by Crippen LogP contribution is -2.25. The molecule has 3 rings (SSSR count). The van der Waals surface area contributed by atoms with Crippen molar-refractivity contribution in [3.63, 3.8) is 0 Å². The van der Waals surface area contributed by atoms with Crippen molar-refractivity contribution in [1.82, 2.24) is 0 Å². The van der Waals surface area contributed by atoms with Crippen molar-refractivity contribution in [3.8, 4) is 0 Å². The van der Waals surface area contributed by atoms with Crippen LogP contribution in [0.3, 0.4) is 0 Å². The zero-order valence-corrected chi connectivity index (χ0v) is 16.8. The van der Waals surface area contributed by atoms with Gasteiger partial charge >= 0.3 is 5.97 Å². The lowest BCUT2D eigenvalue weighted by atomic mass is 9.96. The molecule has 0 radical (unpaired) electrons. The highest BCUT2D eigenvalue weighted by Crippen LogP contribution is 2.30. The van der Waals surface area contributed by atoms with Crippen molar-refractivity contribution in [3.05, 3.63) is 51.2 Å². The van der Waals surface area contributed by atoms with Gasteiger partial charge in [-0.3, -0.25) is 9.52 Å². The number of carbonyl (C=O) groups excluding carboxylic acids is 2. The Balaban J connectivity index is 1.67.